The van der Waals surface area contributed by atoms with Gasteiger partial charge in [0, 0.05) is 5.39 Å². The maximum Gasteiger partial charge on any atom is 0.283 e. The highest BCUT2D eigenvalue weighted by atomic mass is 16.2. The van der Waals surface area contributed by atoms with Crippen molar-refractivity contribution >= 4 is 54.1 Å². The first kappa shape index (κ1) is 26.7. The topological polar surface area (TPSA) is 43.0 Å². The highest BCUT2D eigenvalue weighted by molar-refractivity contribution is 6.27. The Morgan fingerprint density at radius 2 is 0.938 bits per heavy atom. The predicted octanol–water partition coefficient (Wildman–Crippen LogP) is 9.96. The Morgan fingerprint density at radius 3 is 1.73 bits per heavy atom. The summed E-state index contributed by atoms with van der Waals surface area (Å²) >= 11 is 0. The molecule has 2 aromatic heterocycles. The van der Waals surface area contributed by atoms with Crippen molar-refractivity contribution in [3.05, 3.63) is 178 Å². The molecule has 0 atom stereocenters. The van der Waals surface area contributed by atoms with E-state index in [2.05, 4.69) is 109 Å². The van der Waals surface area contributed by atoms with E-state index >= 15 is 0 Å². The number of para-hydroxylation sites is 1. The van der Waals surface area contributed by atoms with Crippen molar-refractivity contribution in [2.45, 2.75) is 0 Å². The Kier molecular flexibility index (Phi) is 5.55. The molecule has 10 rings (SSSR count). The summed E-state index contributed by atoms with van der Waals surface area (Å²) in [6.07, 6.45) is 0. The lowest BCUT2D eigenvalue weighted by Gasteiger charge is -2.18. The van der Waals surface area contributed by atoms with Crippen LogP contribution >= 0.6 is 0 Å². The minimum atomic E-state index is -0.304. The second kappa shape index (κ2) is 9.99. The van der Waals surface area contributed by atoms with Crippen LogP contribution in [0.2, 0.25) is 0 Å². The van der Waals surface area contributed by atoms with E-state index in [1.807, 2.05) is 42.5 Å². The maximum absolute atomic E-state index is 14.5. The zero-order chi connectivity index (χ0) is 31.9. The molecule has 0 saturated heterocycles. The van der Waals surface area contributed by atoms with E-state index < -0.39 is 0 Å². The summed E-state index contributed by atoms with van der Waals surface area (Å²) in [5, 5.41) is 7.50. The Morgan fingerprint density at radius 1 is 0.333 bits per heavy atom. The minimum absolute atomic E-state index is 0.300. The van der Waals surface area contributed by atoms with Gasteiger partial charge in [0.05, 0.1) is 21.8 Å². The molecule has 0 radical (unpaired) electrons. The molecule has 0 saturated carbocycles. The van der Waals surface area contributed by atoms with Crippen molar-refractivity contribution in [2.75, 3.05) is 0 Å². The van der Waals surface area contributed by atoms with Crippen LogP contribution in [-0.2, 0) is 0 Å². The van der Waals surface area contributed by atoms with Crippen molar-refractivity contribution < 1.29 is 0 Å². The van der Waals surface area contributed by atoms with Crippen LogP contribution in [0.5, 0.6) is 0 Å². The summed E-state index contributed by atoms with van der Waals surface area (Å²) in [5.74, 6) is 0. The van der Waals surface area contributed by atoms with Crippen molar-refractivity contribution in [1.82, 2.24) is 9.03 Å². The number of rotatable bonds is 3. The van der Waals surface area contributed by atoms with E-state index in [1.54, 1.807) is 10.6 Å². The smallest absolute Gasteiger partial charge is 0.267 e. The highest BCUT2D eigenvalue weighted by Gasteiger charge is 2.24. The number of aromatic nitrogens is 2. The molecule has 0 fully saturated rings. The van der Waals surface area contributed by atoms with Crippen molar-refractivity contribution in [3.8, 4) is 33.4 Å². The van der Waals surface area contributed by atoms with E-state index in [0.29, 0.717) is 10.8 Å². The van der Waals surface area contributed by atoms with E-state index in [1.165, 1.54) is 20.9 Å². The van der Waals surface area contributed by atoms with Gasteiger partial charge in [-0.3, -0.25) is 9.59 Å². The number of fused-ring (bicyclic) bond motifs is 9. The summed E-state index contributed by atoms with van der Waals surface area (Å²) in [6.45, 7) is 0. The number of hydrogen-bond acceptors (Lipinski definition) is 2. The summed E-state index contributed by atoms with van der Waals surface area (Å²) in [4.78, 5) is 28.2. The third-order valence-corrected chi connectivity index (χ3v) is 9.89. The van der Waals surface area contributed by atoms with Crippen LogP contribution in [0.3, 0.4) is 0 Å². The maximum atomic E-state index is 14.5. The monoisotopic (exact) mass is 614 g/mol. The van der Waals surface area contributed by atoms with Crippen LogP contribution in [0, 0.1) is 0 Å². The Bertz CT molecular complexity index is 3020. The van der Waals surface area contributed by atoms with Gasteiger partial charge in [-0.15, -0.1) is 0 Å². The molecule has 4 nitrogen and oxygen atoms in total. The van der Waals surface area contributed by atoms with Gasteiger partial charge in [-0.05, 0) is 78.5 Å². The largest absolute Gasteiger partial charge is 0.283 e. The Hall–Kier alpha value is -6.52. The molecular formula is C44H26N2O2. The van der Waals surface area contributed by atoms with Gasteiger partial charge in [0.1, 0.15) is 0 Å². The fourth-order valence-corrected chi connectivity index (χ4v) is 7.84. The molecule has 10 aromatic rings. The van der Waals surface area contributed by atoms with Gasteiger partial charge in [0.15, 0.2) is 0 Å². The first-order chi connectivity index (χ1) is 23.7. The molecule has 48 heavy (non-hydrogen) atoms. The van der Waals surface area contributed by atoms with Gasteiger partial charge in [0.25, 0.3) is 11.1 Å². The normalized spacial score (nSPS) is 11.9. The number of benzene rings is 8. The molecule has 2 heterocycles. The van der Waals surface area contributed by atoms with Gasteiger partial charge < -0.3 is 0 Å². The third kappa shape index (κ3) is 3.60. The molecule has 0 bridgehead atoms. The second-order valence-electron chi connectivity index (χ2n) is 12.4. The van der Waals surface area contributed by atoms with Gasteiger partial charge in [-0.25, -0.2) is 4.52 Å². The summed E-state index contributed by atoms with van der Waals surface area (Å²) in [6, 6.07) is 53.9. The Labute approximate surface area is 274 Å². The average molecular weight is 615 g/mol. The zero-order valence-corrected chi connectivity index (χ0v) is 25.7. The lowest BCUT2D eigenvalue weighted by atomic mass is 9.84. The van der Waals surface area contributed by atoms with E-state index in [9.17, 15) is 9.59 Å². The predicted molar refractivity (Wildman–Crippen MR) is 198 cm³/mol. The first-order valence-corrected chi connectivity index (χ1v) is 16.1. The van der Waals surface area contributed by atoms with Gasteiger partial charge in [-0.1, -0.05) is 140 Å². The molecular weight excluding hydrogens is 588 g/mol. The molecule has 0 aliphatic heterocycles. The molecule has 0 N–H and O–H groups in total. The lowest BCUT2D eigenvalue weighted by molar-refractivity contribution is 0.841. The van der Waals surface area contributed by atoms with Crippen molar-refractivity contribution in [2.24, 2.45) is 0 Å². The molecule has 0 spiro atoms. The molecule has 4 heteroatoms. The Balaban J connectivity index is 1.34. The van der Waals surface area contributed by atoms with Gasteiger partial charge >= 0.3 is 0 Å². The molecule has 0 unspecified atom stereocenters. The van der Waals surface area contributed by atoms with Gasteiger partial charge in [0.2, 0.25) is 0 Å². The quantitative estimate of drug-likeness (QED) is 0.186. The standard InChI is InChI=1S/C44H26N2O2/c47-43-35-18-8-9-20-37(35)45-38-26-25-36-39(30-23-21-28(22-24-30)32-19-10-14-27-11-4-5-15-31(27)32)33-16-6-7-17-34(33)40(29-12-2-1-3-13-29)41(36)42(38)44(48)46(43)45/h1-26H. The fraction of sp³-hybridized carbons (Fsp3) is 0. The SMILES string of the molecule is O=c1c2ccccc2n2c3ccc4c(-c5ccc(-c6cccc7ccccc67)cc5)c5ccccc5c(-c5ccccc5)c4c3c(=O)n12. The molecule has 0 aliphatic rings. The molecule has 0 aliphatic carbocycles. The van der Waals surface area contributed by atoms with Crippen LogP contribution in [0.25, 0.3) is 87.5 Å². The fourth-order valence-electron chi connectivity index (χ4n) is 7.84. The van der Waals surface area contributed by atoms with Crippen LogP contribution < -0.4 is 11.1 Å². The van der Waals surface area contributed by atoms with E-state index in [4.69, 9.17) is 0 Å². The highest BCUT2D eigenvalue weighted by Crippen LogP contribution is 2.46. The second-order valence-corrected chi connectivity index (χ2v) is 12.4. The van der Waals surface area contributed by atoms with Crippen LogP contribution in [-0.4, -0.2) is 9.03 Å². The zero-order valence-electron chi connectivity index (χ0n) is 25.7. The van der Waals surface area contributed by atoms with Crippen LogP contribution in [0.15, 0.2) is 167 Å². The van der Waals surface area contributed by atoms with Crippen molar-refractivity contribution in [1.29, 1.82) is 0 Å². The average Bonchev–Trinajstić information content (AvgIpc) is 3.62. The van der Waals surface area contributed by atoms with Crippen molar-refractivity contribution in [3.63, 3.8) is 0 Å². The van der Waals surface area contributed by atoms with E-state index in [-0.39, 0.29) is 11.1 Å². The lowest BCUT2D eigenvalue weighted by Crippen LogP contribution is -2.21. The van der Waals surface area contributed by atoms with Gasteiger partial charge in [-0.2, -0.15) is 4.52 Å². The first-order valence-electron chi connectivity index (χ1n) is 16.1. The minimum Gasteiger partial charge on any atom is -0.267 e. The summed E-state index contributed by atoms with van der Waals surface area (Å²) in [7, 11) is 0. The van der Waals surface area contributed by atoms with E-state index in [0.717, 1.165) is 60.4 Å². The molecule has 0 amide bonds. The number of hydrogen-bond donors (Lipinski definition) is 0. The summed E-state index contributed by atoms with van der Waals surface area (Å²) in [5.41, 5.74) is 7.31. The summed E-state index contributed by atoms with van der Waals surface area (Å²) < 4.78 is 3.09. The van der Waals surface area contributed by atoms with Crippen LogP contribution in [0.1, 0.15) is 0 Å². The molecule has 8 aromatic carbocycles. The van der Waals surface area contributed by atoms with Crippen LogP contribution in [0.4, 0.5) is 0 Å². The third-order valence-electron chi connectivity index (χ3n) is 9.89. The molecule has 224 valence electrons. The number of nitrogens with zero attached hydrogens (tertiary/aromatic N) is 2.